The molecule has 0 aliphatic carbocycles. The molecule has 2 N–H and O–H groups in total. The van der Waals surface area contributed by atoms with Crippen LogP contribution >= 0.6 is 11.8 Å². The van der Waals surface area contributed by atoms with Crippen LogP contribution in [0.2, 0.25) is 0 Å². The van der Waals surface area contributed by atoms with E-state index in [-0.39, 0.29) is 17.6 Å². The van der Waals surface area contributed by atoms with E-state index in [1.165, 1.54) is 0 Å². The van der Waals surface area contributed by atoms with E-state index in [4.69, 9.17) is 0 Å². The molecule has 0 fully saturated rings. The number of ketones is 1. The van der Waals surface area contributed by atoms with Gasteiger partial charge in [-0.3, -0.25) is 14.4 Å². The number of amides is 2. The molecule has 3 aromatic carbocycles. The molecule has 3 aromatic rings. The molecule has 1 unspecified atom stereocenters. The van der Waals surface area contributed by atoms with E-state index in [1.54, 1.807) is 60.3 Å². The van der Waals surface area contributed by atoms with Gasteiger partial charge in [-0.05, 0) is 49.6 Å². The minimum absolute atomic E-state index is 0.117. The van der Waals surface area contributed by atoms with E-state index in [0.29, 0.717) is 28.8 Å². The first-order valence-electron chi connectivity index (χ1n) is 10.3. The maximum atomic E-state index is 13.0. The van der Waals surface area contributed by atoms with Crippen LogP contribution in [0.4, 0.5) is 5.69 Å². The summed E-state index contributed by atoms with van der Waals surface area (Å²) in [6.07, 6.45) is 2.45. The van der Waals surface area contributed by atoms with Gasteiger partial charge < -0.3 is 10.6 Å². The molecule has 32 heavy (non-hydrogen) atoms. The van der Waals surface area contributed by atoms with Crippen molar-refractivity contribution in [3.05, 3.63) is 101 Å². The summed E-state index contributed by atoms with van der Waals surface area (Å²) in [5, 5.41) is 5.70. The zero-order valence-corrected chi connectivity index (χ0v) is 18.9. The van der Waals surface area contributed by atoms with Gasteiger partial charge in [0.1, 0.15) is 6.04 Å². The number of anilines is 1. The summed E-state index contributed by atoms with van der Waals surface area (Å²) in [5.41, 5.74) is 3.07. The Morgan fingerprint density at radius 2 is 1.53 bits per heavy atom. The van der Waals surface area contributed by atoms with Crippen molar-refractivity contribution in [1.29, 1.82) is 0 Å². The van der Waals surface area contributed by atoms with Crippen LogP contribution in [-0.4, -0.2) is 35.6 Å². The maximum Gasteiger partial charge on any atom is 0.251 e. The van der Waals surface area contributed by atoms with E-state index in [2.05, 4.69) is 10.6 Å². The van der Waals surface area contributed by atoms with E-state index in [1.807, 2.05) is 43.5 Å². The Morgan fingerprint density at radius 1 is 0.844 bits per heavy atom. The number of hydrogen-bond donors (Lipinski definition) is 2. The molecule has 5 nitrogen and oxygen atoms in total. The third kappa shape index (κ3) is 6.31. The topological polar surface area (TPSA) is 75.3 Å². The van der Waals surface area contributed by atoms with Gasteiger partial charge in [0.2, 0.25) is 5.91 Å². The number of carbonyl (C=O) groups excluding carboxylic acids is 3. The minimum Gasteiger partial charge on any atom is -0.340 e. The van der Waals surface area contributed by atoms with Crippen LogP contribution in [0.1, 0.15) is 38.3 Å². The Hall–Kier alpha value is -3.38. The largest absolute Gasteiger partial charge is 0.340 e. The van der Waals surface area contributed by atoms with Crippen LogP contribution in [0.5, 0.6) is 0 Å². The number of aryl methyl sites for hydroxylation is 1. The molecule has 0 saturated carbocycles. The highest BCUT2D eigenvalue weighted by Gasteiger charge is 2.22. The maximum absolute atomic E-state index is 13.0. The lowest BCUT2D eigenvalue weighted by Crippen LogP contribution is -2.44. The van der Waals surface area contributed by atoms with Crippen molar-refractivity contribution < 1.29 is 14.4 Å². The Labute approximate surface area is 192 Å². The zero-order chi connectivity index (χ0) is 22.9. The smallest absolute Gasteiger partial charge is 0.251 e. The van der Waals surface area contributed by atoms with Gasteiger partial charge in [-0.25, -0.2) is 0 Å². The highest BCUT2D eigenvalue weighted by Crippen LogP contribution is 2.16. The molecule has 0 aliphatic rings. The summed E-state index contributed by atoms with van der Waals surface area (Å²) in [6.45, 7) is 1.92. The summed E-state index contributed by atoms with van der Waals surface area (Å²) in [7, 11) is 0. The predicted molar refractivity (Wildman–Crippen MR) is 130 cm³/mol. The second-order valence-corrected chi connectivity index (χ2v) is 8.43. The molecule has 0 bridgehead atoms. The van der Waals surface area contributed by atoms with Crippen molar-refractivity contribution >= 4 is 35.0 Å². The van der Waals surface area contributed by atoms with Gasteiger partial charge in [0.15, 0.2) is 5.78 Å². The third-order valence-electron chi connectivity index (χ3n) is 4.94. The Bertz CT molecular complexity index is 1100. The van der Waals surface area contributed by atoms with Crippen molar-refractivity contribution in [2.75, 3.05) is 17.3 Å². The summed E-state index contributed by atoms with van der Waals surface area (Å²) >= 11 is 1.61. The number of thioether (sulfide) groups is 1. The van der Waals surface area contributed by atoms with Gasteiger partial charge >= 0.3 is 0 Å². The summed E-state index contributed by atoms with van der Waals surface area (Å²) in [6, 6.07) is 22.4. The molecule has 0 saturated heterocycles. The quantitative estimate of drug-likeness (QED) is 0.467. The SMILES string of the molecule is CSCCC(NC(=O)c1cccc(C)c1)C(=O)Nc1cccc(C(=O)c2ccccc2)c1. The van der Waals surface area contributed by atoms with Crippen molar-refractivity contribution in [2.24, 2.45) is 0 Å². The highest BCUT2D eigenvalue weighted by atomic mass is 32.2. The fourth-order valence-corrected chi connectivity index (χ4v) is 3.73. The van der Waals surface area contributed by atoms with E-state index in [0.717, 1.165) is 11.3 Å². The van der Waals surface area contributed by atoms with Crippen LogP contribution in [0.25, 0.3) is 0 Å². The second-order valence-electron chi connectivity index (χ2n) is 7.44. The number of rotatable bonds is 9. The Morgan fingerprint density at radius 3 is 2.25 bits per heavy atom. The molecule has 0 aromatic heterocycles. The minimum atomic E-state index is -0.691. The molecule has 3 rings (SSSR count). The lowest BCUT2D eigenvalue weighted by molar-refractivity contribution is -0.118. The summed E-state index contributed by atoms with van der Waals surface area (Å²) in [5.74, 6) is -0.000621. The van der Waals surface area contributed by atoms with Gasteiger partial charge in [-0.15, -0.1) is 0 Å². The van der Waals surface area contributed by atoms with Gasteiger partial charge in [0, 0.05) is 22.4 Å². The highest BCUT2D eigenvalue weighted by molar-refractivity contribution is 7.98. The first-order valence-corrected chi connectivity index (χ1v) is 11.7. The van der Waals surface area contributed by atoms with Crippen LogP contribution in [0.15, 0.2) is 78.9 Å². The number of benzene rings is 3. The average Bonchev–Trinajstić information content (AvgIpc) is 2.81. The molecule has 6 heteroatoms. The standard InChI is InChI=1S/C26H26N2O3S/c1-18-8-6-12-21(16-18)25(30)28-23(14-15-32-2)26(31)27-22-13-7-11-20(17-22)24(29)19-9-4-3-5-10-19/h3-13,16-17,23H,14-15H2,1-2H3,(H,27,31)(H,28,30). The Kier molecular flexibility index (Phi) is 8.22. The molecule has 0 heterocycles. The first kappa shape index (κ1) is 23.3. The van der Waals surface area contributed by atoms with Gasteiger partial charge in [0.25, 0.3) is 5.91 Å². The molecule has 1 atom stereocenters. The van der Waals surface area contributed by atoms with Gasteiger partial charge in [-0.1, -0.05) is 60.2 Å². The molecular formula is C26H26N2O3S. The number of nitrogens with one attached hydrogen (secondary N) is 2. The predicted octanol–water partition coefficient (Wildman–Crippen LogP) is 4.72. The van der Waals surface area contributed by atoms with Crippen LogP contribution < -0.4 is 10.6 Å². The summed E-state index contributed by atoms with van der Waals surface area (Å²) < 4.78 is 0. The van der Waals surface area contributed by atoms with Crippen molar-refractivity contribution in [1.82, 2.24) is 5.32 Å². The lowest BCUT2D eigenvalue weighted by Gasteiger charge is -2.18. The van der Waals surface area contributed by atoms with Crippen molar-refractivity contribution in [3.8, 4) is 0 Å². The fourth-order valence-electron chi connectivity index (χ4n) is 3.26. The van der Waals surface area contributed by atoms with Crippen LogP contribution in [-0.2, 0) is 4.79 Å². The Balaban J connectivity index is 1.73. The molecule has 164 valence electrons. The van der Waals surface area contributed by atoms with Gasteiger partial charge in [0.05, 0.1) is 0 Å². The number of hydrogen-bond acceptors (Lipinski definition) is 4. The molecule has 2 amide bonds. The van der Waals surface area contributed by atoms with E-state index < -0.39 is 6.04 Å². The van der Waals surface area contributed by atoms with Crippen molar-refractivity contribution in [2.45, 2.75) is 19.4 Å². The summed E-state index contributed by atoms with van der Waals surface area (Å²) in [4.78, 5) is 38.4. The van der Waals surface area contributed by atoms with E-state index >= 15 is 0 Å². The first-order chi connectivity index (χ1) is 15.5. The lowest BCUT2D eigenvalue weighted by atomic mass is 10.0. The normalized spacial score (nSPS) is 11.4. The van der Waals surface area contributed by atoms with Gasteiger partial charge in [-0.2, -0.15) is 11.8 Å². The van der Waals surface area contributed by atoms with E-state index in [9.17, 15) is 14.4 Å². The molecular weight excluding hydrogens is 420 g/mol. The third-order valence-corrected chi connectivity index (χ3v) is 5.58. The van der Waals surface area contributed by atoms with Crippen LogP contribution in [0.3, 0.4) is 0 Å². The molecule has 0 radical (unpaired) electrons. The fraction of sp³-hybridized carbons (Fsp3) is 0.192. The second kappa shape index (κ2) is 11.3. The molecule has 0 spiro atoms. The number of carbonyl (C=O) groups is 3. The van der Waals surface area contributed by atoms with Crippen LogP contribution in [0, 0.1) is 6.92 Å². The monoisotopic (exact) mass is 446 g/mol. The van der Waals surface area contributed by atoms with Crippen molar-refractivity contribution in [3.63, 3.8) is 0 Å². The molecule has 0 aliphatic heterocycles. The average molecular weight is 447 g/mol. The zero-order valence-electron chi connectivity index (χ0n) is 18.1.